The van der Waals surface area contributed by atoms with Crippen LogP contribution in [-0.2, 0) is 0 Å². The Balaban J connectivity index is 2.21. The van der Waals surface area contributed by atoms with Crippen LogP contribution in [0.15, 0.2) is 12.3 Å². The predicted octanol–water partition coefficient (Wildman–Crippen LogP) is 4.22. The minimum absolute atomic E-state index is 0.0416. The van der Waals surface area contributed by atoms with Crippen molar-refractivity contribution in [3.8, 4) is 5.88 Å². The molecule has 1 aromatic rings. The summed E-state index contributed by atoms with van der Waals surface area (Å²) < 4.78 is 18.4. The Bertz CT molecular complexity index is 320. The number of unbranched alkanes of at least 4 members (excludes halogenated alkanes) is 4. The molecule has 1 rings (SSSR count). The molecular formula is C12H17ClFNO. The summed E-state index contributed by atoms with van der Waals surface area (Å²) in [5.74, 6) is -0.457. The van der Waals surface area contributed by atoms with Gasteiger partial charge < -0.3 is 4.74 Å². The van der Waals surface area contributed by atoms with E-state index in [0.29, 0.717) is 6.61 Å². The first kappa shape index (κ1) is 13.2. The predicted molar refractivity (Wildman–Crippen MR) is 63.5 cm³/mol. The number of pyridine rings is 1. The molecule has 0 saturated carbocycles. The highest BCUT2D eigenvalue weighted by Crippen LogP contribution is 2.17. The van der Waals surface area contributed by atoms with Crippen LogP contribution in [0.25, 0.3) is 0 Å². The fourth-order valence-corrected chi connectivity index (χ4v) is 1.53. The molecule has 0 aliphatic heterocycles. The van der Waals surface area contributed by atoms with Crippen molar-refractivity contribution >= 4 is 11.6 Å². The summed E-state index contributed by atoms with van der Waals surface area (Å²) in [6, 6.07) is 1.21. The van der Waals surface area contributed by atoms with Crippen LogP contribution in [0.5, 0.6) is 5.88 Å². The molecule has 0 aromatic carbocycles. The van der Waals surface area contributed by atoms with E-state index in [1.807, 2.05) is 0 Å². The van der Waals surface area contributed by atoms with Crippen LogP contribution in [0, 0.1) is 5.82 Å². The van der Waals surface area contributed by atoms with Crippen LogP contribution in [0.4, 0.5) is 4.39 Å². The lowest BCUT2D eigenvalue weighted by molar-refractivity contribution is 0.278. The maximum atomic E-state index is 13.2. The van der Waals surface area contributed by atoms with Crippen LogP contribution in [-0.4, -0.2) is 11.6 Å². The Kier molecular flexibility index (Phi) is 6.16. The molecule has 0 fully saturated rings. The Labute approximate surface area is 101 Å². The molecule has 2 nitrogen and oxygen atoms in total. The molecule has 16 heavy (non-hydrogen) atoms. The highest BCUT2D eigenvalue weighted by molar-refractivity contribution is 6.30. The zero-order chi connectivity index (χ0) is 11.8. The van der Waals surface area contributed by atoms with Gasteiger partial charge in [-0.25, -0.2) is 9.37 Å². The van der Waals surface area contributed by atoms with Crippen molar-refractivity contribution in [3.05, 3.63) is 23.1 Å². The zero-order valence-electron chi connectivity index (χ0n) is 9.51. The topological polar surface area (TPSA) is 22.1 Å². The highest BCUT2D eigenvalue weighted by atomic mass is 35.5. The van der Waals surface area contributed by atoms with Gasteiger partial charge in [0.2, 0.25) is 5.88 Å². The third kappa shape index (κ3) is 4.79. The molecule has 0 aliphatic rings. The van der Waals surface area contributed by atoms with Gasteiger partial charge in [0.1, 0.15) is 0 Å². The molecule has 0 amide bonds. The smallest absolute Gasteiger partial charge is 0.250 e. The van der Waals surface area contributed by atoms with Gasteiger partial charge in [0, 0.05) is 6.20 Å². The summed E-state index contributed by atoms with van der Waals surface area (Å²) in [6.45, 7) is 2.68. The standard InChI is InChI=1S/C12H17ClFNO/c1-2-3-4-5-6-7-16-12-11(14)8-10(13)9-15-12/h8-9H,2-7H2,1H3. The summed E-state index contributed by atoms with van der Waals surface area (Å²) in [5.41, 5.74) is 0. The molecule has 0 saturated heterocycles. The van der Waals surface area contributed by atoms with Crippen molar-refractivity contribution in [2.45, 2.75) is 39.0 Å². The van der Waals surface area contributed by atoms with E-state index in [4.69, 9.17) is 16.3 Å². The minimum atomic E-state index is -0.499. The molecule has 90 valence electrons. The Morgan fingerprint density at radius 1 is 1.31 bits per heavy atom. The van der Waals surface area contributed by atoms with Gasteiger partial charge in [-0.15, -0.1) is 0 Å². The number of hydrogen-bond acceptors (Lipinski definition) is 2. The van der Waals surface area contributed by atoms with Crippen molar-refractivity contribution in [1.29, 1.82) is 0 Å². The lowest BCUT2D eigenvalue weighted by Crippen LogP contribution is -2.01. The van der Waals surface area contributed by atoms with Crippen molar-refractivity contribution in [2.24, 2.45) is 0 Å². The number of rotatable bonds is 7. The number of halogens is 2. The lowest BCUT2D eigenvalue weighted by Gasteiger charge is -2.05. The van der Waals surface area contributed by atoms with Crippen LogP contribution in [0.1, 0.15) is 39.0 Å². The lowest BCUT2D eigenvalue weighted by atomic mass is 10.2. The van der Waals surface area contributed by atoms with E-state index < -0.39 is 5.82 Å². The second-order valence-corrected chi connectivity index (χ2v) is 4.14. The Morgan fingerprint density at radius 3 is 2.75 bits per heavy atom. The van der Waals surface area contributed by atoms with Gasteiger partial charge in [-0.05, 0) is 12.5 Å². The number of aromatic nitrogens is 1. The summed E-state index contributed by atoms with van der Waals surface area (Å²) >= 11 is 5.58. The van der Waals surface area contributed by atoms with Gasteiger partial charge >= 0.3 is 0 Å². The summed E-state index contributed by atoms with van der Waals surface area (Å²) in [7, 11) is 0. The van der Waals surface area contributed by atoms with Crippen molar-refractivity contribution in [2.75, 3.05) is 6.61 Å². The third-order valence-corrected chi connectivity index (χ3v) is 2.47. The molecule has 0 aliphatic carbocycles. The van der Waals surface area contributed by atoms with Crippen LogP contribution in [0.3, 0.4) is 0 Å². The fraction of sp³-hybridized carbons (Fsp3) is 0.583. The number of nitrogens with zero attached hydrogens (tertiary/aromatic N) is 1. The van der Waals surface area contributed by atoms with Crippen LogP contribution < -0.4 is 4.74 Å². The molecular weight excluding hydrogens is 229 g/mol. The molecule has 0 N–H and O–H groups in total. The van der Waals surface area contributed by atoms with Gasteiger partial charge in [-0.3, -0.25) is 0 Å². The monoisotopic (exact) mass is 245 g/mol. The van der Waals surface area contributed by atoms with E-state index >= 15 is 0 Å². The first-order chi connectivity index (χ1) is 7.74. The van der Waals surface area contributed by atoms with Crippen molar-refractivity contribution in [1.82, 2.24) is 4.98 Å². The van der Waals surface area contributed by atoms with Gasteiger partial charge in [0.15, 0.2) is 5.82 Å². The van der Waals surface area contributed by atoms with E-state index in [9.17, 15) is 4.39 Å². The number of ether oxygens (including phenoxy) is 1. The summed E-state index contributed by atoms with van der Waals surface area (Å²) in [5, 5.41) is 0.285. The molecule has 0 radical (unpaired) electrons. The van der Waals surface area contributed by atoms with Gasteiger partial charge in [0.05, 0.1) is 11.6 Å². The minimum Gasteiger partial charge on any atom is -0.476 e. The summed E-state index contributed by atoms with van der Waals surface area (Å²) in [6.07, 6.45) is 7.10. The molecule has 1 heterocycles. The van der Waals surface area contributed by atoms with Gasteiger partial charge in [-0.1, -0.05) is 44.2 Å². The SMILES string of the molecule is CCCCCCCOc1ncc(Cl)cc1F. The van der Waals surface area contributed by atoms with Crippen molar-refractivity contribution < 1.29 is 9.13 Å². The molecule has 1 aromatic heterocycles. The average molecular weight is 246 g/mol. The Morgan fingerprint density at radius 2 is 2.06 bits per heavy atom. The third-order valence-electron chi connectivity index (χ3n) is 2.26. The van der Waals surface area contributed by atoms with E-state index in [1.165, 1.54) is 31.5 Å². The van der Waals surface area contributed by atoms with E-state index in [-0.39, 0.29) is 10.9 Å². The fourth-order valence-electron chi connectivity index (χ4n) is 1.38. The van der Waals surface area contributed by atoms with Crippen LogP contribution >= 0.6 is 11.6 Å². The van der Waals surface area contributed by atoms with E-state index in [2.05, 4.69) is 11.9 Å². The molecule has 4 heteroatoms. The quantitative estimate of drug-likeness (QED) is 0.671. The molecule has 0 bridgehead atoms. The molecule has 0 atom stereocenters. The first-order valence-electron chi connectivity index (χ1n) is 5.68. The maximum absolute atomic E-state index is 13.2. The van der Waals surface area contributed by atoms with Gasteiger partial charge in [-0.2, -0.15) is 0 Å². The van der Waals surface area contributed by atoms with E-state index in [1.54, 1.807) is 0 Å². The molecule has 0 unspecified atom stereocenters. The maximum Gasteiger partial charge on any atom is 0.250 e. The number of hydrogen-bond donors (Lipinski definition) is 0. The second kappa shape index (κ2) is 7.44. The van der Waals surface area contributed by atoms with Crippen LogP contribution in [0.2, 0.25) is 5.02 Å². The van der Waals surface area contributed by atoms with Crippen molar-refractivity contribution in [3.63, 3.8) is 0 Å². The zero-order valence-corrected chi connectivity index (χ0v) is 10.3. The highest BCUT2D eigenvalue weighted by Gasteiger charge is 2.05. The Hall–Kier alpha value is -0.830. The second-order valence-electron chi connectivity index (χ2n) is 3.70. The first-order valence-corrected chi connectivity index (χ1v) is 6.05. The normalized spacial score (nSPS) is 10.4. The average Bonchev–Trinajstić information content (AvgIpc) is 2.26. The summed E-state index contributed by atoms with van der Waals surface area (Å²) in [4.78, 5) is 3.78. The van der Waals surface area contributed by atoms with E-state index in [0.717, 1.165) is 12.8 Å². The largest absolute Gasteiger partial charge is 0.476 e. The van der Waals surface area contributed by atoms with Gasteiger partial charge in [0.25, 0.3) is 0 Å². The molecule has 0 spiro atoms.